The smallest absolute Gasteiger partial charge is 0.387 e. The molecule has 0 saturated carbocycles. The second kappa shape index (κ2) is 27.9. The van der Waals surface area contributed by atoms with Gasteiger partial charge in [-0.15, -0.1) is 0 Å². The van der Waals surface area contributed by atoms with Gasteiger partial charge >= 0.3 is 7.82 Å². The number of phosphoric ester groups is 1. The van der Waals surface area contributed by atoms with Crippen LogP contribution in [0.15, 0.2) is 36.5 Å². The molecule has 40 heavy (non-hydrogen) atoms. The Morgan fingerprint density at radius 3 is 2.02 bits per heavy atom. The van der Waals surface area contributed by atoms with E-state index in [0.717, 1.165) is 64.2 Å². The fourth-order valence-electron chi connectivity index (χ4n) is 4.03. The summed E-state index contributed by atoms with van der Waals surface area (Å²) in [5.74, 6) is -0.221. The molecule has 3 atom stereocenters. The van der Waals surface area contributed by atoms with Gasteiger partial charge in [0, 0.05) is 13.0 Å². The van der Waals surface area contributed by atoms with Gasteiger partial charge in [0.25, 0.3) is 0 Å². The first-order chi connectivity index (χ1) is 19.4. The molecule has 1 amide bonds. The Morgan fingerprint density at radius 2 is 1.38 bits per heavy atom. The van der Waals surface area contributed by atoms with Crippen LogP contribution in [-0.2, 0) is 18.4 Å². The molecule has 0 heterocycles. The van der Waals surface area contributed by atoms with Gasteiger partial charge in [0.1, 0.15) is 0 Å². The van der Waals surface area contributed by atoms with Crippen molar-refractivity contribution in [2.24, 2.45) is 5.73 Å². The monoisotopic (exact) mass is 586 g/mol. The Balaban J connectivity index is 4.54. The van der Waals surface area contributed by atoms with E-state index >= 15 is 0 Å². The van der Waals surface area contributed by atoms with Crippen LogP contribution in [0.5, 0.6) is 0 Å². The number of aliphatic hydroxyl groups excluding tert-OH is 1. The summed E-state index contributed by atoms with van der Waals surface area (Å²) in [6, 6.07) is -0.876. The number of carbonyl (C=O) groups excluding carboxylic acids is 1. The lowest BCUT2D eigenvalue weighted by Gasteiger charge is -2.23. The first-order valence-electron chi connectivity index (χ1n) is 15.6. The van der Waals surface area contributed by atoms with Crippen molar-refractivity contribution in [3.63, 3.8) is 0 Å². The molecule has 0 radical (unpaired) electrons. The van der Waals surface area contributed by atoms with E-state index in [1.165, 1.54) is 38.5 Å². The number of nitrogens with one attached hydrogen (secondary N) is 1. The Morgan fingerprint density at radius 1 is 0.800 bits per heavy atom. The predicted octanol–water partition coefficient (Wildman–Crippen LogP) is 7.26. The third kappa shape index (κ3) is 25.7. The minimum Gasteiger partial charge on any atom is -0.387 e. The lowest BCUT2D eigenvalue weighted by Crippen LogP contribution is -2.45. The average molecular weight is 587 g/mol. The van der Waals surface area contributed by atoms with Gasteiger partial charge in [0.15, 0.2) is 0 Å². The molecular formula is C31H59N2O6P. The first-order valence-corrected chi connectivity index (χ1v) is 17.1. The van der Waals surface area contributed by atoms with Gasteiger partial charge in [0.05, 0.1) is 25.4 Å². The number of allylic oxidation sites excluding steroid dienone is 5. The molecule has 8 nitrogen and oxygen atoms in total. The van der Waals surface area contributed by atoms with Gasteiger partial charge in [0.2, 0.25) is 5.91 Å². The number of aliphatic hydroxyl groups is 1. The predicted molar refractivity (Wildman–Crippen MR) is 166 cm³/mol. The molecule has 3 unspecified atom stereocenters. The van der Waals surface area contributed by atoms with E-state index in [1.54, 1.807) is 6.08 Å². The van der Waals surface area contributed by atoms with E-state index in [9.17, 15) is 19.4 Å². The number of hydrogen-bond donors (Lipinski definition) is 4. The standard InChI is InChI=1S/C31H59N2O6P/c1-3-5-7-9-11-13-15-16-18-20-22-24-30(34)29(28-39-40(36,37)38-27-26-32)33-31(35)25-23-21-19-17-14-12-10-8-6-4-2/h8,10,15-16,22,24,29-30,34H,3-7,9,11-14,17-21,23,25-28,32H2,1-2H3,(H,33,35)(H,36,37)/b10-8-,16-15+,24-22+. The van der Waals surface area contributed by atoms with Crippen molar-refractivity contribution in [3.05, 3.63) is 36.5 Å². The second-order valence-electron chi connectivity index (χ2n) is 10.3. The highest BCUT2D eigenvalue weighted by atomic mass is 31.2. The number of unbranched alkanes of at least 4 members (excludes halogenated alkanes) is 12. The lowest BCUT2D eigenvalue weighted by atomic mass is 10.1. The molecule has 0 fully saturated rings. The van der Waals surface area contributed by atoms with Crippen LogP contribution >= 0.6 is 7.82 Å². The maximum atomic E-state index is 12.6. The van der Waals surface area contributed by atoms with Gasteiger partial charge in [-0.3, -0.25) is 13.8 Å². The number of rotatable bonds is 28. The minimum absolute atomic E-state index is 0.0717. The number of hydrogen-bond acceptors (Lipinski definition) is 6. The van der Waals surface area contributed by atoms with Crippen molar-refractivity contribution < 1.29 is 28.4 Å². The number of amides is 1. The number of nitrogens with two attached hydrogens (primary N) is 1. The summed E-state index contributed by atoms with van der Waals surface area (Å²) < 4.78 is 21.8. The van der Waals surface area contributed by atoms with Crippen molar-refractivity contribution in [1.29, 1.82) is 0 Å². The normalized spacial score (nSPS) is 15.2. The van der Waals surface area contributed by atoms with Crippen LogP contribution in [0.3, 0.4) is 0 Å². The van der Waals surface area contributed by atoms with Gasteiger partial charge in [-0.05, 0) is 51.4 Å². The maximum absolute atomic E-state index is 12.6. The zero-order valence-electron chi connectivity index (χ0n) is 25.3. The summed E-state index contributed by atoms with van der Waals surface area (Å²) >= 11 is 0. The van der Waals surface area contributed by atoms with Crippen molar-refractivity contribution in [2.45, 2.75) is 135 Å². The zero-order valence-corrected chi connectivity index (χ0v) is 26.2. The quantitative estimate of drug-likeness (QED) is 0.0431. The van der Waals surface area contributed by atoms with Crippen molar-refractivity contribution >= 4 is 13.7 Å². The van der Waals surface area contributed by atoms with Gasteiger partial charge < -0.3 is 21.1 Å². The van der Waals surface area contributed by atoms with E-state index in [2.05, 4.69) is 43.5 Å². The molecule has 9 heteroatoms. The van der Waals surface area contributed by atoms with E-state index < -0.39 is 20.0 Å². The van der Waals surface area contributed by atoms with Crippen molar-refractivity contribution in [3.8, 4) is 0 Å². The third-order valence-electron chi connectivity index (χ3n) is 6.42. The van der Waals surface area contributed by atoms with E-state index in [1.807, 2.05) is 6.08 Å². The lowest BCUT2D eigenvalue weighted by molar-refractivity contribution is -0.123. The van der Waals surface area contributed by atoms with Gasteiger partial charge in [-0.2, -0.15) is 0 Å². The molecule has 0 spiro atoms. The van der Waals surface area contributed by atoms with Gasteiger partial charge in [-0.25, -0.2) is 4.57 Å². The highest BCUT2D eigenvalue weighted by molar-refractivity contribution is 7.47. The Kier molecular flexibility index (Phi) is 27.0. The van der Waals surface area contributed by atoms with E-state index in [-0.39, 0.29) is 25.7 Å². The average Bonchev–Trinajstić information content (AvgIpc) is 2.93. The SMILES string of the molecule is CCC/C=C\CCCCCCCC(=O)NC(COP(=O)(O)OCCN)C(O)/C=C/CC/C=C/CCCCCCC. The van der Waals surface area contributed by atoms with Crippen LogP contribution in [0.1, 0.15) is 123 Å². The fourth-order valence-corrected chi connectivity index (χ4v) is 4.79. The highest BCUT2D eigenvalue weighted by Gasteiger charge is 2.26. The summed E-state index contributed by atoms with van der Waals surface area (Å²) in [5.41, 5.74) is 5.32. The topological polar surface area (TPSA) is 131 Å². The van der Waals surface area contributed by atoms with Crippen LogP contribution in [0.4, 0.5) is 0 Å². The van der Waals surface area contributed by atoms with Gasteiger partial charge in [-0.1, -0.05) is 102 Å². The molecule has 5 N–H and O–H groups in total. The molecule has 0 saturated heterocycles. The molecule has 0 aliphatic rings. The van der Waals surface area contributed by atoms with Crippen molar-refractivity contribution in [2.75, 3.05) is 19.8 Å². The molecule has 0 aromatic heterocycles. The summed E-state index contributed by atoms with van der Waals surface area (Å²) in [6.07, 6.45) is 29.1. The number of phosphoric acid groups is 1. The largest absolute Gasteiger partial charge is 0.472 e. The van der Waals surface area contributed by atoms with Crippen LogP contribution in [0, 0.1) is 0 Å². The van der Waals surface area contributed by atoms with Crippen LogP contribution in [0.25, 0.3) is 0 Å². The summed E-state index contributed by atoms with van der Waals surface area (Å²) in [4.78, 5) is 22.4. The van der Waals surface area contributed by atoms with E-state index in [4.69, 9.17) is 14.8 Å². The molecule has 234 valence electrons. The minimum atomic E-state index is -4.33. The molecular weight excluding hydrogens is 527 g/mol. The molecule has 0 aliphatic carbocycles. The van der Waals surface area contributed by atoms with E-state index in [0.29, 0.717) is 6.42 Å². The van der Waals surface area contributed by atoms with Crippen LogP contribution in [0.2, 0.25) is 0 Å². The summed E-state index contributed by atoms with van der Waals surface area (Å²) in [5, 5.41) is 13.4. The molecule has 0 aromatic carbocycles. The fraction of sp³-hybridized carbons (Fsp3) is 0.774. The third-order valence-corrected chi connectivity index (χ3v) is 7.40. The molecule has 0 aromatic rings. The second-order valence-corrected chi connectivity index (χ2v) is 11.8. The molecule has 0 aliphatic heterocycles. The van der Waals surface area contributed by atoms with Crippen LogP contribution < -0.4 is 11.1 Å². The van der Waals surface area contributed by atoms with Crippen molar-refractivity contribution in [1.82, 2.24) is 5.32 Å². The molecule has 0 rings (SSSR count). The molecule has 0 bridgehead atoms. The first kappa shape index (κ1) is 38.7. The highest BCUT2D eigenvalue weighted by Crippen LogP contribution is 2.43. The Bertz CT molecular complexity index is 729. The summed E-state index contributed by atoms with van der Waals surface area (Å²) in [7, 11) is -4.33. The Hall–Kier alpha value is -1.28. The maximum Gasteiger partial charge on any atom is 0.472 e. The zero-order chi connectivity index (χ0) is 29.7. The Labute approximate surface area is 244 Å². The van der Waals surface area contributed by atoms with Crippen LogP contribution in [-0.4, -0.2) is 47.8 Å². The summed E-state index contributed by atoms with van der Waals surface area (Å²) in [6.45, 7) is 3.97. The number of carbonyl (C=O) groups is 1.